The first-order valence-corrected chi connectivity index (χ1v) is 8.25. The lowest BCUT2D eigenvalue weighted by molar-refractivity contribution is 0.152. The van der Waals surface area contributed by atoms with E-state index in [1.165, 1.54) is 51.5 Å². The van der Waals surface area contributed by atoms with Gasteiger partial charge in [-0.15, -0.1) is 0 Å². The number of oxime groups is 1. The molecule has 0 radical (unpaired) electrons. The molecule has 2 fully saturated rings. The Morgan fingerprint density at radius 2 is 2.00 bits per heavy atom. The number of nitrogens with two attached hydrogens (primary N) is 1. The molecule has 2 aliphatic carbocycles. The average molecular weight is 281 g/mol. The van der Waals surface area contributed by atoms with Gasteiger partial charge in [-0.1, -0.05) is 31.8 Å². The van der Waals surface area contributed by atoms with Crippen molar-refractivity contribution in [3.8, 4) is 0 Å². The lowest BCUT2D eigenvalue weighted by atomic mass is 9.98. The molecule has 0 heterocycles. The van der Waals surface area contributed by atoms with Gasteiger partial charge in [0.25, 0.3) is 0 Å². The maximum absolute atomic E-state index is 8.80. The number of amidine groups is 1. The SMILES string of the molecule is CC(C)CCN(CC1(CC(N)=NO)CC1)C1CCCC1. The van der Waals surface area contributed by atoms with Crippen LogP contribution in [0.15, 0.2) is 5.16 Å². The molecule has 0 aliphatic heterocycles. The van der Waals surface area contributed by atoms with E-state index in [0.29, 0.717) is 11.3 Å². The molecule has 0 aromatic heterocycles. The Kier molecular flexibility index (Phi) is 5.30. The van der Waals surface area contributed by atoms with Crippen LogP contribution in [0.3, 0.4) is 0 Å². The lowest BCUT2D eigenvalue weighted by Gasteiger charge is -2.33. The van der Waals surface area contributed by atoms with Crippen LogP contribution >= 0.6 is 0 Å². The van der Waals surface area contributed by atoms with Crippen LogP contribution in [0.4, 0.5) is 0 Å². The van der Waals surface area contributed by atoms with Crippen molar-refractivity contribution in [2.45, 2.75) is 71.3 Å². The molecular formula is C16H31N3O. The second kappa shape index (κ2) is 6.79. The Bertz CT molecular complexity index is 331. The minimum absolute atomic E-state index is 0.301. The van der Waals surface area contributed by atoms with Gasteiger partial charge in [-0.05, 0) is 50.0 Å². The molecule has 0 atom stereocenters. The first-order valence-electron chi connectivity index (χ1n) is 8.25. The minimum Gasteiger partial charge on any atom is -0.409 e. The summed E-state index contributed by atoms with van der Waals surface area (Å²) in [7, 11) is 0. The standard InChI is InChI=1S/C16H31N3O/c1-13(2)7-10-19(14-5-3-4-6-14)12-16(8-9-16)11-15(17)18-20/h13-14,20H,3-12H2,1-2H3,(H2,17,18). The van der Waals surface area contributed by atoms with Gasteiger partial charge in [-0.3, -0.25) is 4.90 Å². The van der Waals surface area contributed by atoms with E-state index in [2.05, 4.69) is 23.9 Å². The van der Waals surface area contributed by atoms with Crippen LogP contribution in [0.2, 0.25) is 0 Å². The summed E-state index contributed by atoms with van der Waals surface area (Å²) in [6.07, 6.45) is 9.98. The van der Waals surface area contributed by atoms with Gasteiger partial charge in [0.1, 0.15) is 5.84 Å². The first-order chi connectivity index (χ1) is 9.54. The van der Waals surface area contributed by atoms with Gasteiger partial charge in [0, 0.05) is 19.0 Å². The minimum atomic E-state index is 0.301. The van der Waals surface area contributed by atoms with Crippen molar-refractivity contribution < 1.29 is 5.21 Å². The molecule has 116 valence electrons. The maximum Gasteiger partial charge on any atom is 0.139 e. The smallest absolute Gasteiger partial charge is 0.139 e. The molecule has 0 bridgehead atoms. The van der Waals surface area contributed by atoms with E-state index in [-0.39, 0.29) is 0 Å². The summed E-state index contributed by atoms with van der Waals surface area (Å²) in [6.45, 7) is 6.95. The third-order valence-electron chi connectivity index (χ3n) is 5.01. The summed E-state index contributed by atoms with van der Waals surface area (Å²) in [5.74, 6) is 1.16. The molecule has 0 aromatic carbocycles. The van der Waals surface area contributed by atoms with Crippen molar-refractivity contribution in [2.24, 2.45) is 22.2 Å². The topological polar surface area (TPSA) is 61.8 Å². The van der Waals surface area contributed by atoms with E-state index in [9.17, 15) is 0 Å². The second-order valence-electron chi connectivity index (χ2n) is 7.36. The van der Waals surface area contributed by atoms with Crippen molar-refractivity contribution in [1.29, 1.82) is 0 Å². The molecule has 0 unspecified atom stereocenters. The zero-order valence-corrected chi connectivity index (χ0v) is 13.1. The number of hydrogen-bond acceptors (Lipinski definition) is 3. The summed E-state index contributed by atoms with van der Waals surface area (Å²) >= 11 is 0. The Hall–Kier alpha value is -0.770. The molecule has 0 aromatic rings. The molecule has 4 heteroatoms. The van der Waals surface area contributed by atoms with Crippen LogP contribution in [-0.2, 0) is 0 Å². The van der Waals surface area contributed by atoms with E-state index in [1.807, 2.05) is 0 Å². The van der Waals surface area contributed by atoms with E-state index in [0.717, 1.165) is 24.9 Å². The van der Waals surface area contributed by atoms with Crippen molar-refractivity contribution in [2.75, 3.05) is 13.1 Å². The zero-order valence-electron chi connectivity index (χ0n) is 13.1. The molecule has 2 aliphatic rings. The molecule has 4 nitrogen and oxygen atoms in total. The predicted molar refractivity (Wildman–Crippen MR) is 83.0 cm³/mol. The Morgan fingerprint density at radius 1 is 1.35 bits per heavy atom. The molecule has 0 spiro atoms. The largest absolute Gasteiger partial charge is 0.409 e. The second-order valence-corrected chi connectivity index (χ2v) is 7.36. The van der Waals surface area contributed by atoms with E-state index in [4.69, 9.17) is 10.9 Å². The van der Waals surface area contributed by atoms with Crippen LogP contribution in [-0.4, -0.2) is 35.1 Å². The first kappa shape index (κ1) is 15.6. The predicted octanol–water partition coefficient (Wildman–Crippen LogP) is 3.19. The summed E-state index contributed by atoms with van der Waals surface area (Å²) in [4.78, 5) is 2.71. The fraction of sp³-hybridized carbons (Fsp3) is 0.938. The fourth-order valence-corrected chi connectivity index (χ4v) is 3.50. The highest BCUT2D eigenvalue weighted by molar-refractivity contribution is 5.80. The average Bonchev–Trinajstić information content (AvgIpc) is 2.94. The molecule has 2 saturated carbocycles. The summed E-state index contributed by atoms with van der Waals surface area (Å²) < 4.78 is 0. The van der Waals surface area contributed by atoms with Crippen molar-refractivity contribution in [3.05, 3.63) is 0 Å². The Morgan fingerprint density at radius 3 is 2.50 bits per heavy atom. The summed E-state index contributed by atoms with van der Waals surface area (Å²) in [5.41, 5.74) is 6.03. The third kappa shape index (κ3) is 4.37. The van der Waals surface area contributed by atoms with Crippen molar-refractivity contribution in [1.82, 2.24) is 4.90 Å². The van der Waals surface area contributed by atoms with Gasteiger partial charge in [-0.2, -0.15) is 0 Å². The van der Waals surface area contributed by atoms with Gasteiger partial charge in [-0.25, -0.2) is 0 Å². The highest BCUT2D eigenvalue weighted by Gasteiger charge is 2.45. The number of hydrogen-bond donors (Lipinski definition) is 2. The zero-order chi connectivity index (χ0) is 14.6. The van der Waals surface area contributed by atoms with Crippen LogP contribution < -0.4 is 5.73 Å². The van der Waals surface area contributed by atoms with Gasteiger partial charge in [0.2, 0.25) is 0 Å². The molecule has 3 N–H and O–H groups in total. The normalized spacial score (nSPS) is 22.9. The van der Waals surface area contributed by atoms with Crippen LogP contribution in [0.25, 0.3) is 0 Å². The van der Waals surface area contributed by atoms with E-state index >= 15 is 0 Å². The fourth-order valence-electron chi connectivity index (χ4n) is 3.50. The highest BCUT2D eigenvalue weighted by atomic mass is 16.4. The summed E-state index contributed by atoms with van der Waals surface area (Å²) in [6, 6.07) is 0.776. The molecule has 0 amide bonds. The van der Waals surface area contributed by atoms with Crippen molar-refractivity contribution in [3.63, 3.8) is 0 Å². The Labute approximate surface area is 123 Å². The van der Waals surface area contributed by atoms with Gasteiger partial charge < -0.3 is 10.9 Å². The van der Waals surface area contributed by atoms with Crippen LogP contribution in [0.5, 0.6) is 0 Å². The quantitative estimate of drug-likeness (QED) is 0.311. The number of rotatable bonds is 8. The maximum atomic E-state index is 8.80. The van der Waals surface area contributed by atoms with E-state index < -0.39 is 0 Å². The molecule has 0 saturated heterocycles. The third-order valence-corrected chi connectivity index (χ3v) is 5.01. The van der Waals surface area contributed by atoms with Gasteiger partial charge in [0.15, 0.2) is 0 Å². The van der Waals surface area contributed by atoms with Crippen molar-refractivity contribution >= 4 is 5.84 Å². The lowest BCUT2D eigenvalue weighted by Crippen LogP contribution is -2.40. The number of nitrogens with zero attached hydrogens (tertiary/aromatic N) is 2. The molecule has 20 heavy (non-hydrogen) atoms. The monoisotopic (exact) mass is 281 g/mol. The van der Waals surface area contributed by atoms with Gasteiger partial charge >= 0.3 is 0 Å². The van der Waals surface area contributed by atoms with Crippen LogP contribution in [0.1, 0.15) is 65.2 Å². The molecular weight excluding hydrogens is 250 g/mol. The van der Waals surface area contributed by atoms with Crippen LogP contribution in [0, 0.1) is 11.3 Å². The molecule has 2 rings (SSSR count). The van der Waals surface area contributed by atoms with E-state index in [1.54, 1.807) is 0 Å². The summed E-state index contributed by atoms with van der Waals surface area (Å²) in [5, 5.41) is 12.0. The Balaban J connectivity index is 1.92. The highest BCUT2D eigenvalue weighted by Crippen LogP contribution is 2.50. The van der Waals surface area contributed by atoms with Gasteiger partial charge in [0.05, 0.1) is 0 Å².